The number of hydrogen-bond acceptors (Lipinski definition) is 2. The van der Waals surface area contributed by atoms with Crippen molar-refractivity contribution >= 4 is 96.0 Å². The van der Waals surface area contributed by atoms with Gasteiger partial charge in [0, 0.05) is 97.6 Å². The molecule has 0 saturated heterocycles. The molecule has 0 fully saturated rings. The van der Waals surface area contributed by atoms with Crippen molar-refractivity contribution in [3.63, 3.8) is 0 Å². The van der Waals surface area contributed by atoms with Crippen molar-refractivity contribution in [1.29, 1.82) is 0 Å². The van der Waals surface area contributed by atoms with E-state index in [0.29, 0.717) is 11.1 Å². The number of hydrogen-bond donors (Lipinski definition) is 0. The molecule has 47 heavy (non-hydrogen) atoms. The Hall–Kier alpha value is -4.63. The van der Waals surface area contributed by atoms with E-state index in [9.17, 15) is 0 Å². The molecule has 209 valence electrons. The summed E-state index contributed by atoms with van der Waals surface area (Å²) in [4.78, 5) is 0. The van der Waals surface area contributed by atoms with Crippen LogP contribution in [0.4, 0.5) is 0 Å². The van der Waals surface area contributed by atoms with Crippen molar-refractivity contribution in [2.24, 2.45) is 0 Å². The summed E-state index contributed by atoms with van der Waals surface area (Å²) in [5.41, 5.74) is 8.48. The van der Waals surface area contributed by atoms with Crippen molar-refractivity contribution in [1.82, 2.24) is 0 Å². The fourth-order valence-corrected chi connectivity index (χ4v) is 6.11. The monoisotopic (exact) mass is 599 g/mol. The highest BCUT2D eigenvalue weighted by molar-refractivity contribution is 7.76. The Balaban J connectivity index is 0.000000158. The van der Waals surface area contributed by atoms with Gasteiger partial charge in [-0.1, -0.05) is 96.9 Å². The molecule has 10 rings (SSSR count). The third-order valence-corrected chi connectivity index (χ3v) is 8.36. The first-order valence-electron chi connectivity index (χ1n) is 19.7. The van der Waals surface area contributed by atoms with E-state index < -0.39 is 30.9 Å². The first kappa shape index (κ1) is 21.3. The number of rotatable bonds is 1. The maximum absolute atomic E-state index is 8.54. The molecule has 9 heteroatoms. The lowest BCUT2D eigenvalue weighted by molar-refractivity contribution is 0.664. The smallest absolute Gasteiger partial charge is 0.139 e. The average molecular weight is 598 g/mol. The number of fused-ring (bicyclic) bond motifs is 14. The van der Waals surface area contributed by atoms with Gasteiger partial charge in [0.15, 0.2) is 0 Å². The summed E-state index contributed by atoms with van der Waals surface area (Å²) < 4.78 is 93.5. The molecular weight excluding hydrogens is 564 g/mol. The van der Waals surface area contributed by atoms with Crippen molar-refractivity contribution in [3.05, 3.63) is 143 Å². The third kappa shape index (κ3) is 5.36. The first-order valence-corrected chi connectivity index (χ1v) is 14.7. The third-order valence-electron chi connectivity index (χ3n) is 8.36. The molecule has 0 spiro atoms. The molecule has 8 aromatic rings. The van der Waals surface area contributed by atoms with Gasteiger partial charge in [0.25, 0.3) is 0 Å². The lowest BCUT2D eigenvalue weighted by Gasteiger charge is -2.00. The van der Waals surface area contributed by atoms with Crippen LogP contribution in [0.5, 0.6) is 0 Å². The summed E-state index contributed by atoms with van der Waals surface area (Å²) in [6.45, 7) is 0. The zero-order valence-corrected chi connectivity index (χ0v) is 25.0. The van der Waals surface area contributed by atoms with Crippen molar-refractivity contribution < 1.29 is 22.5 Å². The maximum Gasteiger partial charge on any atom is 0.139 e. The molecule has 2 aliphatic rings. The van der Waals surface area contributed by atoms with Crippen LogP contribution in [0.25, 0.3) is 66.1 Å². The van der Waals surface area contributed by atoms with Gasteiger partial charge in [-0.2, -0.15) is 0 Å². The predicted molar refractivity (Wildman–Crippen MR) is 204 cm³/mol. The second-order valence-electron chi connectivity index (χ2n) is 11.2. The van der Waals surface area contributed by atoms with E-state index in [4.69, 9.17) is 53.5 Å². The van der Waals surface area contributed by atoms with E-state index in [0.717, 1.165) is 17.6 Å². The summed E-state index contributed by atoms with van der Waals surface area (Å²) in [5.74, 6) is 0. The summed E-state index contributed by atoms with van der Waals surface area (Å²) >= 11 is 0. The molecule has 2 aromatic heterocycles. The summed E-state index contributed by atoms with van der Waals surface area (Å²) in [7, 11) is 19.9. The minimum absolute atomic E-state index is 0. The zero-order valence-electron chi connectivity index (χ0n) is 35.0. The Kier molecular flexibility index (Phi) is 5.67. The normalized spacial score (nSPS) is 14.8. The van der Waals surface area contributed by atoms with Crippen LogP contribution in [0.1, 0.15) is 36.0 Å². The van der Waals surface area contributed by atoms with Crippen LogP contribution >= 0.6 is 0 Å². The fraction of sp³-hybridized carbons (Fsp3) is 0.0526. The summed E-state index contributed by atoms with van der Waals surface area (Å²) in [6.07, 6.45) is -0.163. The molecule has 0 aliphatic heterocycles. The minimum atomic E-state index is -0.593. The Bertz CT molecular complexity index is 2960. The lowest BCUT2D eigenvalue weighted by Crippen LogP contribution is -2.38. The van der Waals surface area contributed by atoms with E-state index >= 15 is 0 Å². The van der Waals surface area contributed by atoms with E-state index in [1.807, 2.05) is 12.1 Å². The van der Waals surface area contributed by atoms with Gasteiger partial charge >= 0.3 is 0 Å². The summed E-state index contributed by atoms with van der Waals surface area (Å²) in [5, 5.41) is 2.55. The molecule has 0 bridgehead atoms. The number of furan rings is 2. The van der Waals surface area contributed by atoms with Gasteiger partial charge in [-0.25, -0.2) is 0 Å². The maximum atomic E-state index is 8.54. The van der Waals surface area contributed by atoms with Gasteiger partial charge in [0.05, 0.1) is 13.7 Å². The molecule has 6 aromatic carbocycles. The van der Waals surface area contributed by atoms with Gasteiger partial charge < -0.3 is 8.83 Å². The van der Waals surface area contributed by atoms with Crippen LogP contribution in [0.3, 0.4) is 0 Å². The Labute approximate surface area is 296 Å². The highest BCUT2D eigenvalue weighted by Gasteiger charge is 2.24. The fourth-order valence-electron chi connectivity index (χ4n) is 6.11. The highest BCUT2D eigenvalue weighted by atomic mass is 16.3. The molecular formula is C38H24B7O2. The second kappa shape index (κ2) is 12.5. The molecule has 2 heterocycles. The number of para-hydroxylation sites is 2. The van der Waals surface area contributed by atoms with Gasteiger partial charge in [0.2, 0.25) is 0 Å². The minimum Gasteiger partial charge on any atom is -0.456 e. The van der Waals surface area contributed by atoms with E-state index in [2.05, 4.69) is 48.5 Å². The number of benzene rings is 6. The van der Waals surface area contributed by atoms with Crippen LogP contribution in [0.2, 0.25) is 0 Å². The van der Waals surface area contributed by atoms with Gasteiger partial charge in [-0.15, -0.1) is 0 Å². The molecule has 0 saturated carbocycles. The molecule has 2 nitrogen and oxygen atoms in total. The molecule has 0 unspecified atom stereocenters. The standard InChI is InChI=1S/2C19H12O.B6.B/c2*1-2-6-13-12(5-1)11-17-14(13)9-10-16-15-7-3-4-8-18(15)20-19(16)17;1-5(2)6(3)4;/h2*1-10H,11H2;;/i1D,2D,3D,4D,5D,6D,7D,8D,9D,10D;;;. The van der Waals surface area contributed by atoms with Crippen molar-refractivity contribution in [2.75, 3.05) is 0 Å². The lowest BCUT2D eigenvalue weighted by atomic mass is 8.81. The molecule has 0 amide bonds. The van der Waals surface area contributed by atoms with Gasteiger partial charge in [-0.05, 0) is 57.6 Å². The van der Waals surface area contributed by atoms with Crippen LogP contribution in [0.15, 0.2) is 130 Å². The Morgan fingerprint density at radius 2 is 1.15 bits per heavy atom. The van der Waals surface area contributed by atoms with Crippen LogP contribution in [-0.4, -0.2) is 52.1 Å². The van der Waals surface area contributed by atoms with E-state index in [1.165, 1.54) is 33.0 Å². The average Bonchev–Trinajstić information content (AvgIpc) is 3.97. The van der Waals surface area contributed by atoms with E-state index in [-0.39, 0.29) is 90.2 Å². The van der Waals surface area contributed by atoms with Crippen molar-refractivity contribution in [3.8, 4) is 22.3 Å². The highest BCUT2D eigenvalue weighted by Crippen LogP contribution is 2.44. The predicted octanol–water partition coefficient (Wildman–Crippen LogP) is 7.65. The summed E-state index contributed by atoms with van der Waals surface area (Å²) in [6, 6.07) is 17.8. The van der Waals surface area contributed by atoms with Crippen LogP contribution < -0.4 is 0 Å². The van der Waals surface area contributed by atoms with E-state index in [1.54, 1.807) is 0 Å². The van der Waals surface area contributed by atoms with Gasteiger partial charge in [0.1, 0.15) is 22.3 Å². The molecule has 0 N–H and O–H groups in total. The van der Waals surface area contributed by atoms with Gasteiger partial charge in [-0.3, -0.25) is 0 Å². The SMILES string of the molecule is [2H]c1c([2H])c([2H])c2c(c1[2H])Cc1c-2c([2H])c([2H])c2c1oc1c([2H])c([2H])c([2H])c([2H])c12.[B].[B]B([B])B([B])[B].c1ccc2c(c1)Cc1c-2ccc2c1oc1ccccc12. The van der Waals surface area contributed by atoms with Crippen LogP contribution in [0, 0.1) is 0 Å². The first-order chi connectivity index (χ1) is 26.6. The molecule has 0 atom stereocenters. The second-order valence-corrected chi connectivity index (χ2v) is 11.2. The van der Waals surface area contributed by atoms with Crippen LogP contribution in [-0.2, 0) is 12.8 Å². The Morgan fingerprint density at radius 3 is 2.00 bits per heavy atom. The largest absolute Gasteiger partial charge is 0.456 e. The zero-order chi connectivity index (χ0) is 40.1. The molecule has 11 radical (unpaired) electrons. The van der Waals surface area contributed by atoms with Crippen molar-refractivity contribution in [2.45, 2.75) is 12.8 Å². The quantitative estimate of drug-likeness (QED) is 0.182. The molecule has 2 aliphatic carbocycles. The Morgan fingerprint density at radius 1 is 0.489 bits per heavy atom. The topological polar surface area (TPSA) is 26.3 Å².